The SMILES string of the molecule is C[C@H](OC(=O)c1ccccc1N1CCCC1=O)C(=O)NCc1ccco1. The quantitative estimate of drug-likeness (QED) is 0.802. The van der Waals surface area contributed by atoms with Gasteiger partial charge in [-0.05, 0) is 37.6 Å². The van der Waals surface area contributed by atoms with Crippen LogP contribution in [0.2, 0.25) is 0 Å². The maximum atomic E-state index is 12.5. The molecule has 7 nitrogen and oxygen atoms in total. The minimum Gasteiger partial charge on any atom is -0.467 e. The normalized spacial score (nSPS) is 15.0. The van der Waals surface area contributed by atoms with Crippen LogP contribution in [0.4, 0.5) is 5.69 Å². The number of ether oxygens (including phenoxy) is 1. The van der Waals surface area contributed by atoms with Gasteiger partial charge in [-0.15, -0.1) is 0 Å². The standard InChI is InChI=1S/C19H20N2O5/c1-13(18(23)20-12-14-6-5-11-25-14)26-19(24)15-7-2-3-8-16(15)21-10-4-9-17(21)22/h2-3,5-8,11,13H,4,9-10,12H2,1H3,(H,20,23)/t13-/m0/s1. The molecule has 1 aromatic carbocycles. The molecule has 1 N–H and O–H groups in total. The lowest BCUT2D eigenvalue weighted by Crippen LogP contribution is -2.35. The molecular weight excluding hydrogens is 336 g/mol. The first-order valence-corrected chi connectivity index (χ1v) is 8.46. The van der Waals surface area contributed by atoms with Gasteiger partial charge in [0.2, 0.25) is 5.91 Å². The molecule has 0 spiro atoms. The summed E-state index contributed by atoms with van der Waals surface area (Å²) in [4.78, 5) is 38.2. The highest BCUT2D eigenvalue weighted by molar-refractivity contribution is 6.04. The number of hydrogen-bond acceptors (Lipinski definition) is 5. The van der Waals surface area contributed by atoms with Gasteiger partial charge in [0.25, 0.3) is 5.91 Å². The van der Waals surface area contributed by atoms with Gasteiger partial charge in [-0.25, -0.2) is 4.79 Å². The van der Waals surface area contributed by atoms with E-state index in [0.717, 1.165) is 6.42 Å². The van der Waals surface area contributed by atoms with E-state index in [0.29, 0.717) is 24.4 Å². The molecule has 2 amide bonds. The molecular formula is C19H20N2O5. The van der Waals surface area contributed by atoms with Crippen LogP contribution in [-0.4, -0.2) is 30.4 Å². The minimum absolute atomic E-state index is 0.0190. The van der Waals surface area contributed by atoms with Crippen LogP contribution in [0.1, 0.15) is 35.9 Å². The minimum atomic E-state index is -0.972. The van der Waals surface area contributed by atoms with Crippen LogP contribution in [0.15, 0.2) is 47.1 Å². The van der Waals surface area contributed by atoms with E-state index in [1.54, 1.807) is 41.3 Å². The number of benzene rings is 1. The zero-order valence-corrected chi connectivity index (χ0v) is 14.4. The maximum absolute atomic E-state index is 12.5. The molecule has 2 heterocycles. The Morgan fingerprint density at radius 2 is 2.08 bits per heavy atom. The second-order valence-electron chi connectivity index (χ2n) is 6.01. The zero-order chi connectivity index (χ0) is 18.5. The monoisotopic (exact) mass is 356 g/mol. The van der Waals surface area contributed by atoms with Crippen LogP contribution in [0.5, 0.6) is 0 Å². The summed E-state index contributed by atoms with van der Waals surface area (Å²) in [6.07, 6.45) is 1.77. The number of para-hydroxylation sites is 1. The lowest BCUT2D eigenvalue weighted by molar-refractivity contribution is -0.129. The Hall–Kier alpha value is -3.09. The van der Waals surface area contributed by atoms with Crippen LogP contribution in [0, 0.1) is 0 Å². The summed E-state index contributed by atoms with van der Waals surface area (Å²) in [6.45, 7) is 2.29. The molecule has 136 valence electrons. The number of esters is 1. The highest BCUT2D eigenvalue weighted by Gasteiger charge is 2.27. The Labute approximate surface area is 150 Å². The van der Waals surface area contributed by atoms with Crippen molar-refractivity contribution in [1.82, 2.24) is 5.32 Å². The number of rotatable bonds is 6. The van der Waals surface area contributed by atoms with Crippen molar-refractivity contribution in [1.29, 1.82) is 0 Å². The lowest BCUT2D eigenvalue weighted by Gasteiger charge is -2.20. The summed E-state index contributed by atoms with van der Waals surface area (Å²) in [5.74, 6) is -0.477. The second-order valence-corrected chi connectivity index (χ2v) is 6.01. The molecule has 1 aliphatic rings. The van der Waals surface area contributed by atoms with Crippen molar-refractivity contribution in [2.24, 2.45) is 0 Å². The summed E-state index contributed by atoms with van der Waals surface area (Å²) in [6, 6.07) is 10.2. The van der Waals surface area contributed by atoms with Gasteiger partial charge in [-0.1, -0.05) is 12.1 Å². The number of furan rings is 1. The number of anilines is 1. The third-order valence-electron chi connectivity index (χ3n) is 4.16. The van der Waals surface area contributed by atoms with Gasteiger partial charge in [0, 0.05) is 13.0 Å². The third kappa shape index (κ3) is 3.93. The Morgan fingerprint density at radius 1 is 1.27 bits per heavy atom. The highest BCUT2D eigenvalue weighted by Crippen LogP contribution is 2.26. The molecule has 26 heavy (non-hydrogen) atoms. The van der Waals surface area contributed by atoms with Gasteiger partial charge in [0.1, 0.15) is 5.76 Å². The Bertz CT molecular complexity index is 800. The molecule has 0 saturated carbocycles. The average Bonchev–Trinajstić information content (AvgIpc) is 3.31. The van der Waals surface area contributed by atoms with Crippen LogP contribution >= 0.6 is 0 Å². The van der Waals surface area contributed by atoms with E-state index in [4.69, 9.17) is 9.15 Å². The van der Waals surface area contributed by atoms with Crippen molar-refractivity contribution >= 4 is 23.5 Å². The first-order valence-electron chi connectivity index (χ1n) is 8.46. The largest absolute Gasteiger partial charge is 0.467 e. The first kappa shape index (κ1) is 17.7. The number of amides is 2. The van der Waals surface area contributed by atoms with Crippen LogP contribution in [-0.2, 0) is 20.9 Å². The molecule has 0 radical (unpaired) electrons. The molecule has 1 aromatic heterocycles. The Morgan fingerprint density at radius 3 is 2.77 bits per heavy atom. The van der Waals surface area contributed by atoms with E-state index in [1.807, 2.05) is 0 Å². The van der Waals surface area contributed by atoms with Gasteiger partial charge in [-0.2, -0.15) is 0 Å². The summed E-state index contributed by atoms with van der Waals surface area (Å²) in [5.41, 5.74) is 0.789. The zero-order valence-electron chi connectivity index (χ0n) is 14.4. The maximum Gasteiger partial charge on any atom is 0.341 e. The molecule has 0 unspecified atom stereocenters. The highest BCUT2D eigenvalue weighted by atomic mass is 16.5. The fourth-order valence-corrected chi connectivity index (χ4v) is 2.79. The fraction of sp³-hybridized carbons (Fsp3) is 0.316. The summed E-state index contributed by atoms with van der Waals surface area (Å²) in [5, 5.41) is 2.64. The topological polar surface area (TPSA) is 88.8 Å². The molecule has 1 atom stereocenters. The van der Waals surface area contributed by atoms with E-state index < -0.39 is 18.0 Å². The summed E-state index contributed by atoms with van der Waals surface area (Å²) in [7, 11) is 0. The number of carbonyl (C=O) groups excluding carboxylic acids is 3. The van der Waals surface area contributed by atoms with Crippen molar-refractivity contribution in [3.63, 3.8) is 0 Å². The van der Waals surface area contributed by atoms with Gasteiger partial charge >= 0.3 is 5.97 Å². The Balaban J connectivity index is 1.64. The molecule has 7 heteroatoms. The van der Waals surface area contributed by atoms with Gasteiger partial charge in [-0.3, -0.25) is 9.59 Å². The number of hydrogen-bond donors (Lipinski definition) is 1. The second kappa shape index (κ2) is 7.86. The van der Waals surface area contributed by atoms with Gasteiger partial charge < -0.3 is 19.4 Å². The molecule has 0 bridgehead atoms. The summed E-state index contributed by atoms with van der Waals surface area (Å²) >= 11 is 0. The molecule has 1 aliphatic heterocycles. The van der Waals surface area contributed by atoms with Gasteiger partial charge in [0.15, 0.2) is 6.10 Å². The fourth-order valence-electron chi connectivity index (χ4n) is 2.79. The predicted molar refractivity (Wildman–Crippen MR) is 93.5 cm³/mol. The molecule has 1 saturated heterocycles. The molecule has 0 aliphatic carbocycles. The first-order chi connectivity index (χ1) is 12.6. The van der Waals surface area contributed by atoms with Crippen molar-refractivity contribution in [2.45, 2.75) is 32.4 Å². The van der Waals surface area contributed by atoms with Crippen LogP contribution in [0.3, 0.4) is 0 Å². The molecule has 3 rings (SSSR count). The van der Waals surface area contributed by atoms with Crippen molar-refractivity contribution in [3.05, 3.63) is 54.0 Å². The van der Waals surface area contributed by atoms with Crippen LogP contribution < -0.4 is 10.2 Å². The predicted octanol–water partition coefficient (Wildman–Crippen LogP) is 2.27. The van der Waals surface area contributed by atoms with Gasteiger partial charge in [0.05, 0.1) is 24.1 Å². The van der Waals surface area contributed by atoms with E-state index in [-0.39, 0.29) is 18.0 Å². The molecule has 1 fully saturated rings. The van der Waals surface area contributed by atoms with E-state index in [9.17, 15) is 14.4 Å². The third-order valence-corrected chi connectivity index (χ3v) is 4.16. The Kier molecular flexibility index (Phi) is 5.36. The van der Waals surface area contributed by atoms with Crippen molar-refractivity contribution < 1.29 is 23.5 Å². The smallest absolute Gasteiger partial charge is 0.341 e. The van der Waals surface area contributed by atoms with E-state index in [2.05, 4.69) is 5.32 Å². The van der Waals surface area contributed by atoms with Crippen molar-refractivity contribution in [3.8, 4) is 0 Å². The lowest BCUT2D eigenvalue weighted by atomic mass is 10.1. The number of carbonyl (C=O) groups is 3. The van der Waals surface area contributed by atoms with E-state index in [1.165, 1.54) is 13.2 Å². The van der Waals surface area contributed by atoms with Crippen LogP contribution in [0.25, 0.3) is 0 Å². The van der Waals surface area contributed by atoms with Crippen molar-refractivity contribution in [2.75, 3.05) is 11.4 Å². The summed E-state index contributed by atoms with van der Waals surface area (Å²) < 4.78 is 10.4. The number of nitrogens with zero attached hydrogens (tertiary/aromatic N) is 1. The number of nitrogens with one attached hydrogen (secondary N) is 1. The van der Waals surface area contributed by atoms with E-state index >= 15 is 0 Å². The molecule has 2 aromatic rings. The average molecular weight is 356 g/mol.